The smallest absolute Gasteiger partial charge is 0.263 e. The summed E-state index contributed by atoms with van der Waals surface area (Å²) in [4.78, 5) is 4.44. The fraction of sp³-hybridized carbons (Fsp3) is 0.133. The van der Waals surface area contributed by atoms with Crippen LogP contribution in [0.25, 0.3) is 10.2 Å². The van der Waals surface area contributed by atoms with E-state index in [1.165, 1.54) is 35.6 Å². The first-order valence-electron chi connectivity index (χ1n) is 7.00. The predicted molar refractivity (Wildman–Crippen MR) is 92.9 cm³/mol. The molecule has 0 saturated heterocycles. The zero-order valence-electron chi connectivity index (χ0n) is 12.2. The summed E-state index contributed by atoms with van der Waals surface area (Å²) < 4.78 is 39.2. The molecule has 0 bridgehead atoms. The van der Waals surface area contributed by atoms with E-state index in [4.69, 9.17) is 21.1 Å². The molecule has 0 saturated carbocycles. The second kappa shape index (κ2) is 5.80. The molecule has 24 heavy (non-hydrogen) atoms. The van der Waals surface area contributed by atoms with E-state index in [9.17, 15) is 8.42 Å². The normalized spacial score (nSPS) is 13.9. The molecule has 9 heteroatoms. The van der Waals surface area contributed by atoms with Crippen LogP contribution in [-0.4, -0.2) is 26.6 Å². The van der Waals surface area contributed by atoms with Crippen molar-refractivity contribution < 1.29 is 17.9 Å². The second-order valence-electron chi connectivity index (χ2n) is 5.04. The molecule has 2 heterocycles. The van der Waals surface area contributed by atoms with E-state index in [2.05, 4.69) is 9.71 Å². The number of thiazole rings is 1. The van der Waals surface area contributed by atoms with Gasteiger partial charge in [0.15, 0.2) is 16.6 Å². The van der Waals surface area contributed by atoms with Gasteiger partial charge in [0.2, 0.25) is 0 Å². The lowest BCUT2D eigenvalue weighted by Gasteiger charge is -2.17. The Labute approximate surface area is 147 Å². The summed E-state index contributed by atoms with van der Waals surface area (Å²) in [6.45, 7) is 0.978. The molecule has 6 nitrogen and oxygen atoms in total. The lowest BCUT2D eigenvalue weighted by Crippen LogP contribution is -2.15. The van der Waals surface area contributed by atoms with E-state index in [1.54, 1.807) is 6.07 Å². The number of ether oxygens (including phenoxy) is 2. The van der Waals surface area contributed by atoms with Crippen LogP contribution in [0.4, 0.5) is 5.13 Å². The van der Waals surface area contributed by atoms with Crippen molar-refractivity contribution in [1.82, 2.24) is 4.98 Å². The van der Waals surface area contributed by atoms with Gasteiger partial charge in [0, 0.05) is 17.2 Å². The molecule has 3 aromatic rings. The van der Waals surface area contributed by atoms with E-state index in [0.717, 1.165) is 4.70 Å². The molecule has 0 amide bonds. The van der Waals surface area contributed by atoms with Gasteiger partial charge in [-0.25, -0.2) is 13.4 Å². The number of halogens is 1. The summed E-state index contributed by atoms with van der Waals surface area (Å²) in [6, 6.07) is 9.49. The minimum absolute atomic E-state index is 0.122. The summed E-state index contributed by atoms with van der Waals surface area (Å²) in [5, 5.41) is 0.752. The standard InChI is InChI=1S/C15H11ClN2O4S2/c16-9-1-3-10(4-2-9)24(19,20)18-15-17-11-7-12-13(8-14(11)23-15)22-6-5-21-12/h1-4,7-8H,5-6H2,(H,17,18). The van der Waals surface area contributed by atoms with Gasteiger partial charge in [0.25, 0.3) is 10.0 Å². The largest absolute Gasteiger partial charge is 0.486 e. The number of rotatable bonds is 3. The molecule has 124 valence electrons. The molecule has 1 aliphatic rings. The molecule has 0 fully saturated rings. The zero-order chi connectivity index (χ0) is 16.7. The van der Waals surface area contributed by atoms with Crippen LogP contribution in [-0.2, 0) is 10.0 Å². The van der Waals surface area contributed by atoms with Crippen molar-refractivity contribution in [3.63, 3.8) is 0 Å². The summed E-state index contributed by atoms with van der Waals surface area (Å²) in [5.74, 6) is 1.26. The van der Waals surface area contributed by atoms with E-state index >= 15 is 0 Å². The van der Waals surface area contributed by atoms with Gasteiger partial charge in [-0.15, -0.1) is 0 Å². The maximum atomic E-state index is 12.4. The van der Waals surface area contributed by atoms with Gasteiger partial charge in [0.05, 0.1) is 15.1 Å². The molecule has 2 aromatic carbocycles. The van der Waals surface area contributed by atoms with Crippen molar-refractivity contribution >= 4 is 48.3 Å². The molecule has 1 aromatic heterocycles. The van der Waals surface area contributed by atoms with Crippen LogP contribution in [0.3, 0.4) is 0 Å². The lowest BCUT2D eigenvalue weighted by molar-refractivity contribution is 0.172. The number of nitrogens with one attached hydrogen (secondary N) is 1. The lowest BCUT2D eigenvalue weighted by atomic mass is 10.3. The van der Waals surface area contributed by atoms with Crippen LogP contribution in [0, 0.1) is 0 Å². The molecule has 4 rings (SSSR count). The fourth-order valence-corrected chi connectivity index (χ4v) is 4.53. The topological polar surface area (TPSA) is 77.5 Å². The third-order valence-corrected chi connectivity index (χ3v) is 6.07. The highest BCUT2D eigenvalue weighted by Gasteiger charge is 2.19. The monoisotopic (exact) mass is 382 g/mol. The van der Waals surface area contributed by atoms with Crippen molar-refractivity contribution in [3.8, 4) is 11.5 Å². The molecular formula is C15H11ClN2O4S2. The Morgan fingerprint density at radius 2 is 1.75 bits per heavy atom. The highest BCUT2D eigenvalue weighted by Crippen LogP contribution is 2.38. The molecule has 0 spiro atoms. The van der Waals surface area contributed by atoms with E-state index in [-0.39, 0.29) is 10.0 Å². The quantitative estimate of drug-likeness (QED) is 0.749. The Balaban J connectivity index is 1.68. The van der Waals surface area contributed by atoms with E-state index in [0.29, 0.717) is 35.3 Å². The summed E-state index contributed by atoms with van der Waals surface area (Å²) in [6.07, 6.45) is 0. The second-order valence-corrected chi connectivity index (χ2v) is 8.19. The third-order valence-electron chi connectivity index (χ3n) is 3.40. The van der Waals surface area contributed by atoms with Gasteiger partial charge in [-0.1, -0.05) is 22.9 Å². The first-order chi connectivity index (χ1) is 11.5. The number of hydrogen-bond acceptors (Lipinski definition) is 6. The number of aromatic nitrogens is 1. The maximum Gasteiger partial charge on any atom is 0.263 e. The Morgan fingerprint density at radius 3 is 2.46 bits per heavy atom. The van der Waals surface area contributed by atoms with Crippen molar-refractivity contribution in [1.29, 1.82) is 0 Å². The summed E-state index contributed by atoms with van der Waals surface area (Å²) in [5.41, 5.74) is 0.651. The molecule has 0 atom stereocenters. The van der Waals surface area contributed by atoms with Gasteiger partial charge >= 0.3 is 0 Å². The molecule has 0 aliphatic carbocycles. The maximum absolute atomic E-state index is 12.4. The first kappa shape index (κ1) is 15.5. The van der Waals surface area contributed by atoms with Crippen LogP contribution in [0.1, 0.15) is 0 Å². The molecule has 1 aliphatic heterocycles. The van der Waals surface area contributed by atoms with Crippen molar-refractivity contribution in [2.45, 2.75) is 4.90 Å². The Hall–Kier alpha value is -2.03. The minimum Gasteiger partial charge on any atom is -0.486 e. The Bertz CT molecular complexity index is 973. The minimum atomic E-state index is -3.72. The molecular weight excluding hydrogens is 372 g/mol. The first-order valence-corrected chi connectivity index (χ1v) is 9.68. The number of hydrogen-bond donors (Lipinski definition) is 1. The average molecular weight is 383 g/mol. The predicted octanol–water partition coefficient (Wildman–Crippen LogP) is 3.52. The van der Waals surface area contributed by atoms with Crippen molar-refractivity contribution in [2.24, 2.45) is 0 Å². The number of anilines is 1. The van der Waals surface area contributed by atoms with Gasteiger partial charge in [0.1, 0.15) is 13.2 Å². The van der Waals surface area contributed by atoms with Gasteiger partial charge in [-0.05, 0) is 24.3 Å². The highest BCUT2D eigenvalue weighted by atomic mass is 35.5. The van der Waals surface area contributed by atoms with Crippen LogP contribution < -0.4 is 14.2 Å². The van der Waals surface area contributed by atoms with Crippen LogP contribution in [0.2, 0.25) is 5.02 Å². The third kappa shape index (κ3) is 2.88. The Morgan fingerprint density at radius 1 is 1.08 bits per heavy atom. The molecule has 1 N–H and O–H groups in total. The average Bonchev–Trinajstić information content (AvgIpc) is 2.93. The van der Waals surface area contributed by atoms with Gasteiger partial charge in [-0.3, -0.25) is 4.72 Å². The fourth-order valence-electron chi connectivity index (χ4n) is 2.30. The van der Waals surface area contributed by atoms with E-state index < -0.39 is 10.0 Å². The Kier molecular flexibility index (Phi) is 3.75. The van der Waals surface area contributed by atoms with E-state index in [1.807, 2.05) is 6.07 Å². The number of fused-ring (bicyclic) bond motifs is 2. The highest BCUT2D eigenvalue weighted by molar-refractivity contribution is 7.93. The van der Waals surface area contributed by atoms with Crippen molar-refractivity contribution in [3.05, 3.63) is 41.4 Å². The molecule has 0 unspecified atom stereocenters. The number of sulfonamides is 1. The van der Waals surface area contributed by atoms with Crippen LogP contribution in [0.5, 0.6) is 11.5 Å². The van der Waals surface area contributed by atoms with Crippen molar-refractivity contribution in [2.75, 3.05) is 17.9 Å². The van der Waals surface area contributed by atoms with Crippen LogP contribution >= 0.6 is 22.9 Å². The number of nitrogens with zero attached hydrogens (tertiary/aromatic N) is 1. The van der Waals surface area contributed by atoms with Gasteiger partial charge in [-0.2, -0.15) is 0 Å². The molecule has 0 radical (unpaired) electrons. The van der Waals surface area contributed by atoms with Gasteiger partial charge < -0.3 is 9.47 Å². The van der Waals surface area contributed by atoms with Crippen LogP contribution in [0.15, 0.2) is 41.3 Å². The summed E-state index contributed by atoms with van der Waals surface area (Å²) in [7, 11) is -3.72. The summed E-state index contributed by atoms with van der Waals surface area (Å²) >= 11 is 7.02. The number of benzene rings is 2. The zero-order valence-corrected chi connectivity index (χ0v) is 14.5. The SMILES string of the molecule is O=S(=O)(Nc1nc2cc3c(cc2s1)OCCO3)c1ccc(Cl)cc1.